The zero-order valence-corrected chi connectivity index (χ0v) is 10.2. The normalized spacial score (nSPS) is 50.4. The maximum Gasteiger partial charge on any atom is 0.0632 e. The molecule has 0 unspecified atom stereocenters. The summed E-state index contributed by atoms with van der Waals surface area (Å²) in [4.78, 5) is 0. The van der Waals surface area contributed by atoms with Gasteiger partial charge in [-0.2, -0.15) is 0 Å². The lowest BCUT2D eigenvalue weighted by molar-refractivity contribution is -0.0213. The van der Waals surface area contributed by atoms with Gasteiger partial charge in [-0.3, -0.25) is 0 Å². The van der Waals surface area contributed by atoms with E-state index in [-0.39, 0.29) is 11.5 Å². The fourth-order valence-corrected chi connectivity index (χ4v) is 4.24. The van der Waals surface area contributed by atoms with Crippen molar-refractivity contribution >= 4 is 0 Å². The molecule has 0 aromatic carbocycles. The van der Waals surface area contributed by atoms with Crippen LogP contribution < -0.4 is 0 Å². The maximum atomic E-state index is 10.4. The Morgan fingerprint density at radius 3 is 2.07 bits per heavy atom. The highest BCUT2D eigenvalue weighted by atomic mass is 16.3. The van der Waals surface area contributed by atoms with E-state index in [4.69, 9.17) is 0 Å². The molecule has 0 heterocycles. The van der Waals surface area contributed by atoms with E-state index in [1.807, 2.05) is 0 Å². The average Bonchev–Trinajstić information content (AvgIpc) is 2.35. The van der Waals surface area contributed by atoms with Crippen molar-refractivity contribution in [3.05, 3.63) is 0 Å². The van der Waals surface area contributed by atoms with Crippen LogP contribution in [0.4, 0.5) is 0 Å². The highest BCUT2D eigenvalue weighted by Crippen LogP contribution is 2.68. The van der Waals surface area contributed by atoms with E-state index in [2.05, 4.69) is 34.6 Å². The van der Waals surface area contributed by atoms with Gasteiger partial charge >= 0.3 is 0 Å². The summed E-state index contributed by atoms with van der Waals surface area (Å²) in [6.07, 6.45) is 2.47. The molecule has 14 heavy (non-hydrogen) atoms. The van der Waals surface area contributed by atoms with Gasteiger partial charge in [-0.25, -0.2) is 0 Å². The van der Waals surface area contributed by atoms with Gasteiger partial charge in [0.2, 0.25) is 0 Å². The van der Waals surface area contributed by atoms with E-state index >= 15 is 0 Å². The standard InChI is InChI=1S/C13H24O/c1-8(2)10-9-6-7-13(5,11(10)14)12(9,3)4/h8-11,14H,6-7H2,1-5H3/t9-,10-,11+,13+/m1/s1. The Morgan fingerprint density at radius 2 is 1.79 bits per heavy atom. The third-order valence-electron chi connectivity index (χ3n) is 5.63. The summed E-state index contributed by atoms with van der Waals surface area (Å²) < 4.78 is 0. The minimum atomic E-state index is -0.0729. The number of fused-ring (bicyclic) bond motifs is 2. The van der Waals surface area contributed by atoms with Crippen molar-refractivity contribution in [2.24, 2.45) is 28.6 Å². The summed E-state index contributed by atoms with van der Waals surface area (Å²) in [6.45, 7) is 11.5. The highest BCUT2D eigenvalue weighted by molar-refractivity contribution is 5.14. The van der Waals surface area contributed by atoms with Gasteiger partial charge in [-0.15, -0.1) is 0 Å². The molecule has 0 saturated heterocycles. The molecular weight excluding hydrogens is 172 g/mol. The Morgan fingerprint density at radius 1 is 1.21 bits per heavy atom. The number of rotatable bonds is 1. The molecule has 82 valence electrons. The van der Waals surface area contributed by atoms with Crippen molar-refractivity contribution in [2.45, 2.75) is 53.6 Å². The second-order valence-corrected chi connectivity index (χ2v) is 6.55. The maximum absolute atomic E-state index is 10.4. The minimum Gasteiger partial charge on any atom is -0.392 e. The van der Waals surface area contributed by atoms with Crippen molar-refractivity contribution < 1.29 is 5.11 Å². The first-order valence-electron chi connectivity index (χ1n) is 6.00. The first-order valence-corrected chi connectivity index (χ1v) is 6.00. The highest BCUT2D eigenvalue weighted by Gasteiger charge is 2.65. The average molecular weight is 196 g/mol. The van der Waals surface area contributed by atoms with Gasteiger partial charge in [-0.05, 0) is 41.4 Å². The monoisotopic (exact) mass is 196 g/mol. The lowest BCUT2D eigenvalue weighted by Gasteiger charge is -2.37. The molecule has 2 fully saturated rings. The van der Waals surface area contributed by atoms with Crippen LogP contribution in [-0.4, -0.2) is 11.2 Å². The van der Waals surface area contributed by atoms with Crippen molar-refractivity contribution in [3.63, 3.8) is 0 Å². The van der Waals surface area contributed by atoms with Crippen LogP contribution in [0.25, 0.3) is 0 Å². The van der Waals surface area contributed by atoms with Crippen LogP contribution in [0.5, 0.6) is 0 Å². The van der Waals surface area contributed by atoms with Crippen LogP contribution in [0, 0.1) is 28.6 Å². The first kappa shape index (κ1) is 10.5. The zero-order chi connectivity index (χ0) is 10.7. The summed E-state index contributed by atoms with van der Waals surface area (Å²) in [6, 6.07) is 0. The van der Waals surface area contributed by atoms with Crippen LogP contribution in [0.15, 0.2) is 0 Å². The molecule has 0 spiro atoms. The smallest absolute Gasteiger partial charge is 0.0632 e. The summed E-state index contributed by atoms with van der Waals surface area (Å²) in [5, 5.41) is 10.4. The van der Waals surface area contributed by atoms with Gasteiger partial charge < -0.3 is 5.11 Å². The molecule has 0 amide bonds. The molecule has 0 aromatic rings. The van der Waals surface area contributed by atoms with Gasteiger partial charge in [0.05, 0.1) is 6.10 Å². The topological polar surface area (TPSA) is 20.2 Å². The Bertz CT molecular complexity index is 244. The molecule has 2 aliphatic rings. The summed E-state index contributed by atoms with van der Waals surface area (Å²) in [7, 11) is 0. The minimum absolute atomic E-state index is 0.0729. The van der Waals surface area contributed by atoms with E-state index in [1.165, 1.54) is 12.8 Å². The predicted molar refractivity (Wildman–Crippen MR) is 58.9 cm³/mol. The fourth-order valence-electron chi connectivity index (χ4n) is 4.24. The van der Waals surface area contributed by atoms with E-state index in [0.717, 1.165) is 5.92 Å². The quantitative estimate of drug-likeness (QED) is 0.683. The number of hydrogen-bond donors (Lipinski definition) is 1. The van der Waals surface area contributed by atoms with E-state index in [0.29, 0.717) is 17.3 Å². The molecular formula is C13H24O. The molecule has 2 saturated carbocycles. The van der Waals surface area contributed by atoms with Gasteiger partial charge in [0.1, 0.15) is 0 Å². The SMILES string of the molecule is CC(C)[C@@H]1[C@H]2CC[C@@](C)([C@H]1O)C2(C)C. The van der Waals surface area contributed by atoms with Crippen LogP contribution in [0.3, 0.4) is 0 Å². The molecule has 2 aliphatic carbocycles. The second kappa shape index (κ2) is 2.75. The number of aliphatic hydroxyl groups excluding tert-OH is 1. The van der Waals surface area contributed by atoms with Gasteiger partial charge in [0, 0.05) is 0 Å². The fraction of sp³-hybridized carbons (Fsp3) is 1.00. The van der Waals surface area contributed by atoms with Crippen LogP contribution in [0.2, 0.25) is 0 Å². The van der Waals surface area contributed by atoms with Crippen molar-refractivity contribution in [3.8, 4) is 0 Å². The molecule has 4 atom stereocenters. The zero-order valence-electron chi connectivity index (χ0n) is 10.2. The summed E-state index contributed by atoms with van der Waals surface area (Å²) >= 11 is 0. The largest absolute Gasteiger partial charge is 0.392 e. The van der Waals surface area contributed by atoms with Gasteiger partial charge in [-0.1, -0.05) is 34.6 Å². The summed E-state index contributed by atoms with van der Waals surface area (Å²) in [5.41, 5.74) is 0.508. The molecule has 0 aliphatic heterocycles. The van der Waals surface area contributed by atoms with Crippen LogP contribution in [-0.2, 0) is 0 Å². The Hall–Kier alpha value is -0.0400. The lowest BCUT2D eigenvalue weighted by atomic mass is 9.70. The van der Waals surface area contributed by atoms with Gasteiger partial charge in [0.25, 0.3) is 0 Å². The molecule has 1 heteroatoms. The van der Waals surface area contributed by atoms with Crippen molar-refractivity contribution in [1.29, 1.82) is 0 Å². The third kappa shape index (κ3) is 0.946. The summed E-state index contributed by atoms with van der Waals surface area (Å²) in [5.74, 6) is 1.89. The van der Waals surface area contributed by atoms with Crippen LogP contribution >= 0.6 is 0 Å². The number of hydrogen-bond acceptors (Lipinski definition) is 1. The molecule has 0 radical (unpaired) electrons. The molecule has 1 N–H and O–H groups in total. The molecule has 1 nitrogen and oxygen atoms in total. The Kier molecular flexibility index (Phi) is 2.06. The molecule has 2 rings (SSSR count). The van der Waals surface area contributed by atoms with Crippen molar-refractivity contribution in [1.82, 2.24) is 0 Å². The third-order valence-corrected chi connectivity index (χ3v) is 5.63. The Labute approximate surface area is 87.9 Å². The second-order valence-electron chi connectivity index (χ2n) is 6.55. The van der Waals surface area contributed by atoms with E-state index in [1.54, 1.807) is 0 Å². The number of aliphatic hydroxyl groups is 1. The first-order chi connectivity index (χ1) is 6.32. The predicted octanol–water partition coefficient (Wildman–Crippen LogP) is 3.08. The van der Waals surface area contributed by atoms with Crippen molar-refractivity contribution in [2.75, 3.05) is 0 Å². The van der Waals surface area contributed by atoms with Crippen LogP contribution in [0.1, 0.15) is 47.5 Å². The Balaban J connectivity index is 2.39. The van der Waals surface area contributed by atoms with Gasteiger partial charge in [0.15, 0.2) is 0 Å². The van der Waals surface area contributed by atoms with E-state index in [9.17, 15) is 5.11 Å². The molecule has 0 aromatic heterocycles. The lowest BCUT2D eigenvalue weighted by Crippen LogP contribution is -2.38. The van der Waals surface area contributed by atoms with E-state index < -0.39 is 0 Å². The molecule has 2 bridgehead atoms.